The van der Waals surface area contributed by atoms with Gasteiger partial charge in [0.15, 0.2) is 5.65 Å². The molecule has 1 saturated carbocycles. The van der Waals surface area contributed by atoms with Crippen molar-refractivity contribution in [3.63, 3.8) is 0 Å². The summed E-state index contributed by atoms with van der Waals surface area (Å²) in [7, 11) is 0. The van der Waals surface area contributed by atoms with E-state index in [9.17, 15) is 13.2 Å². The number of aromatic nitrogens is 4. The summed E-state index contributed by atoms with van der Waals surface area (Å²) in [5.41, 5.74) is 1.02. The first kappa shape index (κ1) is 24.8. The molecule has 2 aliphatic rings. The number of nitrogens with zero attached hydrogens (tertiary/aromatic N) is 4. The number of nitrogens with one attached hydrogen (secondary N) is 2. The smallest absolute Gasteiger partial charge is 0.381 e. The molecular formula is C26H33F3N6O. The van der Waals surface area contributed by atoms with Crippen LogP contribution >= 0.6 is 0 Å². The molecule has 7 nitrogen and oxygen atoms in total. The van der Waals surface area contributed by atoms with Crippen LogP contribution in [0.2, 0.25) is 0 Å². The molecule has 2 N–H and O–H groups in total. The highest BCUT2D eigenvalue weighted by Gasteiger charge is 2.33. The average Bonchev–Trinajstić information content (AvgIpc) is 3.16. The molecule has 0 spiro atoms. The molecule has 1 saturated heterocycles. The molecule has 0 bridgehead atoms. The molecule has 3 aromatic rings. The van der Waals surface area contributed by atoms with E-state index in [1.807, 2.05) is 0 Å². The van der Waals surface area contributed by atoms with Crippen molar-refractivity contribution in [3.8, 4) is 0 Å². The van der Waals surface area contributed by atoms with Crippen molar-refractivity contribution in [1.82, 2.24) is 19.5 Å². The first-order valence-electron chi connectivity index (χ1n) is 12.6. The predicted octanol–water partition coefficient (Wildman–Crippen LogP) is 6.71. The monoisotopic (exact) mass is 502 g/mol. The Morgan fingerprint density at radius 1 is 1.03 bits per heavy atom. The second kappa shape index (κ2) is 9.21. The molecule has 2 fully saturated rings. The Labute approximate surface area is 208 Å². The van der Waals surface area contributed by atoms with E-state index in [1.165, 1.54) is 6.07 Å². The number of anilines is 3. The molecule has 3 heterocycles. The number of imidazole rings is 1. The highest BCUT2D eigenvalue weighted by molar-refractivity contribution is 5.76. The predicted molar refractivity (Wildman–Crippen MR) is 133 cm³/mol. The molecule has 0 atom stereocenters. The van der Waals surface area contributed by atoms with Crippen LogP contribution in [0.1, 0.15) is 70.9 Å². The number of fused-ring (bicyclic) bond motifs is 1. The lowest BCUT2D eigenvalue weighted by Crippen LogP contribution is -2.41. The summed E-state index contributed by atoms with van der Waals surface area (Å²) in [6, 6.07) is 5.33. The minimum Gasteiger partial charge on any atom is -0.381 e. The third-order valence-corrected chi connectivity index (χ3v) is 7.56. The van der Waals surface area contributed by atoms with Gasteiger partial charge in [0.25, 0.3) is 0 Å². The Bertz CT molecular complexity index is 1220. The standard InChI is InChI=1S/C26H33F3N6O/c1-24(2)9-7-19(8-10-24)35-21-20(16-30-22(33-21)34-25(3)11-13-36-14-12-25)32-23(35)31-18-6-4-5-17(15-18)26(27,28)29/h4-6,15-16,19H,7-14H2,1-3H3,(H,31,32)(H,30,33,34). The molecule has 0 unspecified atom stereocenters. The molecule has 1 aliphatic carbocycles. The Morgan fingerprint density at radius 2 is 1.75 bits per heavy atom. The summed E-state index contributed by atoms with van der Waals surface area (Å²) in [6.07, 6.45) is 2.97. The average molecular weight is 503 g/mol. The van der Waals surface area contributed by atoms with E-state index in [1.54, 1.807) is 12.3 Å². The van der Waals surface area contributed by atoms with Crippen LogP contribution in [0.4, 0.5) is 30.8 Å². The normalized spacial score (nSPS) is 20.4. The summed E-state index contributed by atoms with van der Waals surface area (Å²) in [4.78, 5) is 14.1. The Hall–Kier alpha value is -2.88. The molecule has 1 aliphatic heterocycles. The number of halogens is 3. The maximum Gasteiger partial charge on any atom is 0.416 e. The van der Waals surface area contributed by atoms with E-state index in [4.69, 9.17) is 14.7 Å². The SMILES string of the molecule is CC1(C)CCC(n2c(Nc3cccc(C(F)(F)F)c3)nc3cnc(NC4(C)CCOCC4)nc32)CC1. The van der Waals surface area contributed by atoms with Crippen molar-refractivity contribution in [1.29, 1.82) is 0 Å². The Balaban J connectivity index is 1.52. The number of hydrogen-bond donors (Lipinski definition) is 2. The molecular weight excluding hydrogens is 469 g/mol. The topological polar surface area (TPSA) is 76.9 Å². The summed E-state index contributed by atoms with van der Waals surface area (Å²) in [6.45, 7) is 8.06. The van der Waals surface area contributed by atoms with Gasteiger partial charge in [-0.2, -0.15) is 18.2 Å². The van der Waals surface area contributed by atoms with Gasteiger partial charge in [-0.3, -0.25) is 4.57 Å². The van der Waals surface area contributed by atoms with Crippen molar-refractivity contribution < 1.29 is 17.9 Å². The second-order valence-corrected chi connectivity index (χ2v) is 11.1. The number of benzene rings is 1. The molecule has 0 amide bonds. The van der Waals surface area contributed by atoms with Crippen LogP contribution in [0, 0.1) is 5.41 Å². The number of alkyl halides is 3. The van der Waals surface area contributed by atoms with Crippen LogP contribution < -0.4 is 10.6 Å². The molecule has 2 aromatic heterocycles. The third-order valence-electron chi connectivity index (χ3n) is 7.56. The number of rotatable bonds is 5. The zero-order valence-electron chi connectivity index (χ0n) is 21.0. The van der Waals surface area contributed by atoms with Gasteiger partial charge >= 0.3 is 6.18 Å². The Kier molecular flexibility index (Phi) is 6.34. The van der Waals surface area contributed by atoms with E-state index >= 15 is 0 Å². The first-order valence-corrected chi connectivity index (χ1v) is 12.6. The van der Waals surface area contributed by atoms with E-state index in [2.05, 4.69) is 41.0 Å². The lowest BCUT2D eigenvalue weighted by Gasteiger charge is -2.35. The van der Waals surface area contributed by atoms with Crippen molar-refractivity contribution in [3.05, 3.63) is 36.0 Å². The lowest BCUT2D eigenvalue weighted by atomic mass is 9.75. The van der Waals surface area contributed by atoms with Gasteiger partial charge in [-0.05, 0) is 69.1 Å². The fourth-order valence-electron chi connectivity index (χ4n) is 5.15. The van der Waals surface area contributed by atoms with Gasteiger partial charge in [-0.15, -0.1) is 0 Å². The van der Waals surface area contributed by atoms with Crippen molar-refractivity contribution in [2.24, 2.45) is 5.41 Å². The fraction of sp³-hybridized carbons (Fsp3) is 0.577. The van der Waals surface area contributed by atoms with Gasteiger partial charge in [-0.25, -0.2) is 9.97 Å². The van der Waals surface area contributed by atoms with Crippen LogP contribution in [0.3, 0.4) is 0 Å². The zero-order valence-corrected chi connectivity index (χ0v) is 21.0. The minimum absolute atomic E-state index is 0.137. The van der Waals surface area contributed by atoms with Crippen LogP contribution in [0.5, 0.6) is 0 Å². The number of ether oxygens (including phenoxy) is 1. The van der Waals surface area contributed by atoms with Gasteiger partial charge in [-0.1, -0.05) is 19.9 Å². The van der Waals surface area contributed by atoms with Crippen molar-refractivity contribution >= 4 is 28.7 Å². The van der Waals surface area contributed by atoms with Crippen LogP contribution in [-0.4, -0.2) is 38.3 Å². The first-order chi connectivity index (χ1) is 17.0. The third kappa shape index (κ3) is 5.28. The fourth-order valence-corrected chi connectivity index (χ4v) is 5.15. The second-order valence-electron chi connectivity index (χ2n) is 11.1. The lowest BCUT2D eigenvalue weighted by molar-refractivity contribution is -0.137. The Morgan fingerprint density at radius 3 is 2.44 bits per heavy atom. The molecule has 10 heteroatoms. The molecule has 0 radical (unpaired) electrons. The minimum atomic E-state index is -4.42. The molecule has 1 aromatic carbocycles. The maximum absolute atomic E-state index is 13.3. The van der Waals surface area contributed by atoms with Gasteiger partial charge < -0.3 is 15.4 Å². The van der Waals surface area contributed by atoms with E-state index in [-0.39, 0.29) is 17.0 Å². The van der Waals surface area contributed by atoms with E-state index < -0.39 is 11.7 Å². The molecule has 194 valence electrons. The summed E-state index contributed by atoms with van der Waals surface area (Å²) in [5.74, 6) is 1.01. The van der Waals surface area contributed by atoms with Gasteiger partial charge in [0.1, 0.15) is 5.52 Å². The quantitative estimate of drug-likeness (QED) is 0.404. The molecule has 5 rings (SSSR count). The van der Waals surface area contributed by atoms with Gasteiger partial charge in [0, 0.05) is 30.5 Å². The van der Waals surface area contributed by atoms with Gasteiger partial charge in [0.05, 0.1) is 11.8 Å². The van der Waals surface area contributed by atoms with Crippen LogP contribution in [0.25, 0.3) is 11.2 Å². The molecule has 36 heavy (non-hydrogen) atoms. The summed E-state index contributed by atoms with van der Waals surface area (Å²) < 4.78 is 47.5. The van der Waals surface area contributed by atoms with Crippen LogP contribution in [0.15, 0.2) is 30.5 Å². The maximum atomic E-state index is 13.3. The number of hydrogen-bond acceptors (Lipinski definition) is 6. The van der Waals surface area contributed by atoms with Crippen LogP contribution in [-0.2, 0) is 10.9 Å². The van der Waals surface area contributed by atoms with Crippen molar-refractivity contribution in [2.45, 2.75) is 77.1 Å². The zero-order chi connectivity index (χ0) is 25.6. The van der Waals surface area contributed by atoms with E-state index in [0.717, 1.165) is 50.7 Å². The van der Waals surface area contributed by atoms with Gasteiger partial charge in [0.2, 0.25) is 11.9 Å². The highest BCUT2D eigenvalue weighted by atomic mass is 19.4. The van der Waals surface area contributed by atoms with E-state index in [0.29, 0.717) is 42.0 Å². The van der Waals surface area contributed by atoms with Crippen molar-refractivity contribution in [2.75, 3.05) is 23.8 Å². The highest BCUT2D eigenvalue weighted by Crippen LogP contribution is 2.43. The largest absolute Gasteiger partial charge is 0.416 e. The summed E-state index contributed by atoms with van der Waals surface area (Å²) in [5, 5.41) is 6.63. The summed E-state index contributed by atoms with van der Waals surface area (Å²) >= 11 is 0.